The van der Waals surface area contributed by atoms with Crippen molar-refractivity contribution in [2.24, 2.45) is 28.9 Å². The zero-order chi connectivity index (χ0) is 13.7. The normalized spacial score (nSPS) is 30.9. The van der Waals surface area contributed by atoms with E-state index in [0.29, 0.717) is 23.2 Å². The second-order valence-corrected chi connectivity index (χ2v) is 7.33. The Hall–Kier alpha value is -0.770. The topological polar surface area (TPSA) is 55.6 Å². The smallest absolute Gasteiger partial charge is 0.410 e. The molecular formula is C14H26N2O2. The molecule has 0 aromatic heterocycles. The van der Waals surface area contributed by atoms with Crippen LogP contribution >= 0.6 is 0 Å². The van der Waals surface area contributed by atoms with E-state index in [-0.39, 0.29) is 6.09 Å². The van der Waals surface area contributed by atoms with E-state index >= 15 is 0 Å². The van der Waals surface area contributed by atoms with Gasteiger partial charge in [0.1, 0.15) is 5.60 Å². The molecule has 1 heterocycles. The first-order valence-corrected chi connectivity index (χ1v) is 6.85. The number of amides is 1. The molecule has 104 valence electrons. The first-order chi connectivity index (χ1) is 8.16. The summed E-state index contributed by atoms with van der Waals surface area (Å²) < 4.78 is 5.36. The van der Waals surface area contributed by atoms with Crippen LogP contribution in [0.25, 0.3) is 0 Å². The standard InChI is InChI=1S/C14H26N2O2/c1-13(2,3)18-12(17)16-7-9(8-16)11-10(6-15)14(11,4)5/h9-11H,6-8,15H2,1-5H3. The fourth-order valence-corrected chi connectivity index (χ4v) is 3.39. The van der Waals surface area contributed by atoms with Crippen molar-refractivity contribution in [2.45, 2.75) is 40.2 Å². The van der Waals surface area contributed by atoms with E-state index < -0.39 is 5.60 Å². The van der Waals surface area contributed by atoms with Gasteiger partial charge in [0.15, 0.2) is 0 Å². The number of nitrogens with two attached hydrogens (primary N) is 1. The van der Waals surface area contributed by atoms with Crippen LogP contribution in [0.2, 0.25) is 0 Å². The van der Waals surface area contributed by atoms with E-state index in [1.807, 2.05) is 20.8 Å². The maximum Gasteiger partial charge on any atom is 0.410 e. The molecule has 0 bridgehead atoms. The van der Waals surface area contributed by atoms with Crippen LogP contribution < -0.4 is 5.73 Å². The van der Waals surface area contributed by atoms with Gasteiger partial charge in [-0.2, -0.15) is 0 Å². The van der Waals surface area contributed by atoms with Crippen molar-refractivity contribution in [3.05, 3.63) is 0 Å². The Kier molecular flexibility index (Phi) is 3.13. The van der Waals surface area contributed by atoms with Gasteiger partial charge in [-0.1, -0.05) is 13.8 Å². The van der Waals surface area contributed by atoms with Gasteiger partial charge in [0.2, 0.25) is 0 Å². The lowest BCUT2D eigenvalue weighted by Gasteiger charge is -2.40. The van der Waals surface area contributed by atoms with Crippen molar-refractivity contribution in [3.8, 4) is 0 Å². The van der Waals surface area contributed by atoms with Gasteiger partial charge in [0, 0.05) is 13.1 Å². The number of carbonyl (C=O) groups excluding carboxylic acids is 1. The van der Waals surface area contributed by atoms with Crippen LogP contribution in [-0.4, -0.2) is 36.2 Å². The van der Waals surface area contributed by atoms with Gasteiger partial charge >= 0.3 is 6.09 Å². The second-order valence-electron chi connectivity index (χ2n) is 7.33. The van der Waals surface area contributed by atoms with Crippen LogP contribution in [0.1, 0.15) is 34.6 Å². The third kappa shape index (κ3) is 2.35. The number of hydrogen-bond donors (Lipinski definition) is 1. The summed E-state index contributed by atoms with van der Waals surface area (Å²) in [6.07, 6.45) is -0.179. The summed E-state index contributed by atoms with van der Waals surface area (Å²) >= 11 is 0. The van der Waals surface area contributed by atoms with Gasteiger partial charge in [-0.05, 0) is 50.5 Å². The van der Waals surface area contributed by atoms with E-state index in [2.05, 4.69) is 13.8 Å². The number of carbonyl (C=O) groups is 1. The molecule has 2 aliphatic rings. The molecule has 0 aromatic rings. The molecule has 2 unspecified atom stereocenters. The number of hydrogen-bond acceptors (Lipinski definition) is 3. The molecule has 1 saturated carbocycles. The molecule has 1 aliphatic heterocycles. The monoisotopic (exact) mass is 254 g/mol. The van der Waals surface area contributed by atoms with Crippen molar-refractivity contribution >= 4 is 6.09 Å². The molecule has 2 rings (SSSR count). The lowest BCUT2D eigenvalue weighted by Crippen LogP contribution is -2.52. The molecule has 2 fully saturated rings. The summed E-state index contributed by atoms with van der Waals surface area (Å²) in [5.74, 6) is 1.92. The van der Waals surface area contributed by atoms with Crippen LogP contribution in [0.4, 0.5) is 4.79 Å². The van der Waals surface area contributed by atoms with E-state index in [1.54, 1.807) is 4.90 Å². The molecule has 1 saturated heterocycles. The minimum Gasteiger partial charge on any atom is -0.444 e. The van der Waals surface area contributed by atoms with Crippen molar-refractivity contribution in [1.29, 1.82) is 0 Å². The van der Waals surface area contributed by atoms with Crippen molar-refractivity contribution < 1.29 is 9.53 Å². The van der Waals surface area contributed by atoms with Crippen LogP contribution in [0.15, 0.2) is 0 Å². The minimum absolute atomic E-state index is 0.179. The maximum atomic E-state index is 11.8. The molecule has 2 N–H and O–H groups in total. The van der Waals surface area contributed by atoms with Crippen molar-refractivity contribution in [2.75, 3.05) is 19.6 Å². The predicted molar refractivity (Wildman–Crippen MR) is 71.1 cm³/mol. The third-order valence-corrected chi connectivity index (χ3v) is 4.46. The molecule has 0 spiro atoms. The molecular weight excluding hydrogens is 228 g/mol. The molecule has 4 heteroatoms. The summed E-state index contributed by atoms with van der Waals surface area (Å²) in [6, 6.07) is 0. The molecule has 1 aliphatic carbocycles. The van der Waals surface area contributed by atoms with E-state index in [4.69, 9.17) is 10.5 Å². The first kappa shape index (κ1) is 13.7. The Labute approximate surface area is 110 Å². The first-order valence-electron chi connectivity index (χ1n) is 6.85. The van der Waals surface area contributed by atoms with Gasteiger partial charge in [0.05, 0.1) is 0 Å². The predicted octanol–water partition coefficient (Wildman–Crippen LogP) is 2.08. The highest BCUT2D eigenvalue weighted by atomic mass is 16.6. The summed E-state index contributed by atoms with van der Waals surface area (Å²) in [4.78, 5) is 13.6. The highest BCUT2D eigenvalue weighted by molar-refractivity contribution is 5.69. The summed E-state index contributed by atoms with van der Waals surface area (Å²) in [5, 5.41) is 0. The lowest BCUT2D eigenvalue weighted by atomic mass is 9.90. The van der Waals surface area contributed by atoms with Gasteiger partial charge in [-0.15, -0.1) is 0 Å². The SMILES string of the molecule is CC(C)(C)OC(=O)N1CC(C2C(CN)C2(C)C)C1. The quantitative estimate of drug-likeness (QED) is 0.821. The van der Waals surface area contributed by atoms with Gasteiger partial charge in [-0.3, -0.25) is 0 Å². The van der Waals surface area contributed by atoms with Gasteiger partial charge in [-0.25, -0.2) is 4.79 Å². The van der Waals surface area contributed by atoms with Crippen LogP contribution in [0.5, 0.6) is 0 Å². The molecule has 1 amide bonds. The Bertz CT molecular complexity index is 340. The Morgan fingerprint density at radius 3 is 2.33 bits per heavy atom. The molecule has 0 aromatic carbocycles. The second kappa shape index (κ2) is 4.12. The van der Waals surface area contributed by atoms with Crippen molar-refractivity contribution in [1.82, 2.24) is 4.90 Å². The number of nitrogens with zero attached hydrogens (tertiary/aromatic N) is 1. The summed E-state index contributed by atoms with van der Waals surface area (Å²) in [6.45, 7) is 12.7. The number of rotatable bonds is 2. The fourth-order valence-electron chi connectivity index (χ4n) is 3.39. The van der Waals surface area contributed by atoms with Crippen LogP contribution in [0.3, 0.4) is 0 Å². The van der Waals surface area contributed by atoms with E-state index in [0.717, 1.165) is 19.6 Å². The highest BCUT2D eigenvalue weighted by Gasteiger charge is 2.62. The average Bonchev–Trinajstić information content (AvgIpc) is 2.62. The van der Waals surface area contributed by atoms with Gasteiger partial charge < -0.3 is 15.4 Å². The largest absolute Gasteiger partial charge is 0.444 e. The molecule has 2 atom stereocenters. The Morgan fingerprint density at radius 2 is 1.94 bits per heavy atom. The fraction of sp³-hybridized carbons (Fsp3) is 0.929. The third-order valence-electron chi connectivity index (χ3n) is 4.46. The van der Waals surface area contributed by atoms with Gasteiger partial charge in [0.25, 0.3) is 0 Å². The average molecular weight is 254 g/mol. The minimum atomic E-state index is -0.402. The Morgan fingerprint density at radius 1 is 1.39 bits per heavy atom. The number of ether oxygens (including phenoxy) is 1. The molecule has 0 radical (unpaired) electrons. The Balaban J connectivity index is 1.80. The lowest BCUT2D eigenvalue weighted by molar-refractivity contribution is -0.00653. The highest BCUT2D eigenvalue weighted by Crippen LogP contribution is 2.62. The zero-order valence-corrected chi connectivity index (χ0v) is 12.2. The van der Waals surface area contributed by atoms with Crippen LogP contribution in [0, 0.1) is 23.2 Å². The maximum absolute atomic E-state index is 11.8. The number of likely N-dealkylation sites (tertiary alicyclic amines) is 1. The van der Waals surface area contributed by atoms with E-state index in [9.17, 15) is 4.79 Å². The van der Waals surface area contributed by atoms with E-state index in [1.165, 1.54) is 0 Å². The summed E-state index contributed by atoms with van der Waals surface area (Å²) in [5.41, 5.74) is 5.75. The molecule has 4 nitrogen and oxygen atoms in total. The van der Waals surface area contributed by atoms with Crippen LogP contribution in [-0.2, 0) is 4.74 Å². The summed E-state index contributed by atoms with van der Waals surface area (Å²) in [7, 11) is 0. The zero-order valence-electron chi connectivity index (χ0n) is 12.2. The van der Waals surface area contributed by atoms with Crippen molar-refractivity contribution in [3.63, 3.8) is 0 Å². The molecule has 18 heavy (non-hydrogen) atoms.